The van der Waals surface area contributed by atoms with Crippen molar-refractivity contribution in [3.63, 3.8) is 0 Å². The quantitative estimate of drug-likeness (QED) is 0.780. The summed E-state index contributed by atoms with van der Waals surface area (Å²) in [5.41, 5.74) is 1.39. The molecule has 0 saturated carbocycles. The molecule has 1 aliphatic rings. The Hall–Kier alpha value is -1.85. The lowest BCUT2D eigenvalue weighted by Crippen LogP contribution is -2.39. The van der Waals surface area contributed by atoms with Crippen LogP contribution in [0.1, 0.15) is 29.2 Å². The van der Waals surface area contributed by atoms with E-state index in [-0.39, 0.29) is 12.0 Å². The Morgan fingerprint density at radius 1 is 1.37 bits per heavy atom. The number of benzene rings is 1. The fourth-order valence-electron chi connectivity index (χ4n) is 2.02. The number of alkyl halides is 3. The third kappa shape index (κ3) is 2.77. The second-order valence-corrected chi connectivity index (χ2v) is 4.40. The number of fused-ring (bicyclic) bond motifs is 1. The largest absolute Gasteiger partial charge is 0.471 e. The van der Waals surface area contributed by atoms with Gasteiger partial charge in [0.1, 0.15) is 5.83 Å². The summed E-state index contributed by atoms with van der Waals surface area (Å²) >= 11 is 0. The lowest BCUT2D eigenvalue weighted by molar-refractivity contribution is -0.174. The number of carbonyl (C=O) groups is 1. The summed E-state index contributed by atoms with van der Waals surface area (Å²) < 4.78 is 50.3. The number of hydrogen-bond donors (Lipinski definition) is 1. The predicted octanol–water partition coefficient (Wildman–Crippen LogP) is 3.43. The first-order chi connectivity index (χ1) is 8.79. The van der Waals surface area contributed by atoms with Crippen molar-refractivity contribution < 1.29 is 22.4 Å². The molecule has 19 heavy (non-hydrogen) atoms. The first kappa shape index (κ1) is 13.6. The normalized spacial score (nSPS) is 18.6. The van der Waals surface area contributed by atoms with Gasteiger partial charge in [0.25, 0.3) is 0 Å². The van der Waals surface area contributed by atoms with Crippen molar-refractivity contribution in [3.8, 4) is 0 Å². The Labute approximate surface area is 107 Å². The molecule has 0 heterocycles. The third-order valence-corrected chi connectivity index (χ3v) is 2.94. The van der Waals surface area contributed by atoms with Crippen LogP contribution in [0.3, 0.4) is 0 Å². The topological polar surface area (TPSA) is 29.1 Å². The molecule has 1 N–H and O–H groups in total. The number of rotatable bonds is 1. The van der Waals surface area contributed by atoms with E-state index >= 15 is 0 Å². The second-order valence-electron chi connectivity index (χ2n) is 4.40. The molecule has 0 fully saturated rings. The van der Waals surface area contributed by atoms with E-state index in [1.54, 1.807) is 19.1 Å². The highest BCUT2D eigenvalue weighted by Gasteiger charge is 2.40. The van der Waals surface area contributed by atoms with Crippen LogP contribution in [0.4, 0.5) is 17.6 Å². The molecule has 0 radical (unpaired) electrons. The molecule has 0 bridgehead atoms. The first-order valence-corrected chi connectivity index (χ1v) is 5.63. The molecule has 0 saturated heterocycles. The minimum atomic E-state index is -4.94. The van der Waals surface area contributed by atoms with Crippen LogP contribution in [0.25, 0.3) is 5.83 Å². The fourth-order valence-corrected chi connectivity index (χ4v) is 2.02. The van der Waals surface area contributed by atoms with Gasteiger partial charge in [-0.3, -0.25) is 4.79 Å². The number of aryl methyl sites for hydroxylation is 1. The van der Waals surface area contributed by atoms with Crippen molar-refractivity contribution in [2.45, 2.75) is 25.6 Å². The van der Waals surface area contributed by atoms with Crippen molar-refractivity contribution in [3.05, 3.63) is 41.0 Å². The minimum absolute atomic E-state index is 0.00407. The van der Waals surface area contributed by atoms with Gasteiger partial charge in [-0.15, -0.1) is 0 Å². The number of halogens is 4. The molecule has 1 aromatic rings. The van der Waals surface area contributed by atoms with E-state index in [1.807, 2.05) is 5.32 Å². The van der Waals surface area contributed by atoms with Gasteiger partial charge in [-0.2, -0.15) is 13.2 Å². The predicted molar refractivity (Wildman–Crippen MR) is 61.8 cm³/mol. The molecule has 1 amide bonds. The van der Waals surface area contributed by atoms with Crippen LogP contribution < -0.4 is 5.32 Å². The number of hydrogen-bond acceptors (Lipinski definition) is 1. The Morgan fingerprint density at radius 2 is 2.05 bits per heavy atom. The zero-order valence-electron chi connectivity index (χ0n) is 10.0. The van der Waals surface area contributed by atoms with Crippen molar-refractivity contribution in [2.24, 2.45) is 0 Å². The van der Waals surface area contributed by atoms with E-state index < -0.39 is 24.0 Å². The second kappa shape index (κ2) is 4.68. The molecule has 2 nitrogen and oxygen atoms in total. The van der Waals surface area contributed by atoms with Crippen LogP contribution in [-0.4, -0.2) is 12.1 Å². The average molecular weight is 273 g/mol. The van der Waals surface area contributed by atoms with E-state index in [9.17, 15) is 22.4 Å². The molecule has 1 aliphatic carbocycles. The summed E-state index contributed by atoms with van der Waals surface area (Å²) in [6.07, 6.45) is -3.76. The molecular weight excluding hydrogens is 262 g/mol. The van der Waals surface area contributed by atoms with Gasteiger partial charge in [-0.25, -0.2) is 4.39 Å². The first-order valence-electron chi connectivity index (χ1n) is 5.63. The molecular formula is C13H11F4NO. The molecule has 102 valence electrons. The summed E-state index contributed by atoms with van der Waals surface area (Å²) in [5.74, 6) is -2.49. The maximum Gasteiger partial charge on any atom is 0.471 e. The molecule has 0 aromatic heterocycles. The summed E-state index contributed by atoms with van der Waals surface area (Å²) in [7, 11) is 0. The van der Waals surface area contributed by atoms with Crippen molar-refractivity contribution in [1.29, 1.82) is 0 Å². The Balaban J connectivity index is 2.31. The standard InChI is InChI=1S/C13H11F4NO/c1-7-2-3-8-9(6-7)11(5-4-10(8)14)18-12(19)13(15,16)17/h2-4,6,11H,5H2,1H3,(H,18,19)/t11-/m0/s1. The van der Waals surface area contributed by atoms with Crippen LogP contribution >= 0.6 is 0 Å². The van der Waals surface area contributed by atoms with E-state index in [4.69, 9.17) is 0 Å². The van der Waals surface area contributed by atoms with Gasteiger partial charge >= 0.3 is 12.1 Å². The lowest BCUT2D eigenvalue weighted by Gasteiger charge is -2.24. The molecule has 2 rings (SSSR count). The van der Waals surface area contributed by atoms with Gasteiger partial charge in [-0.05, 0) is 25.0 Å². The maximum absolute atomic E-state index is 13.6. The number of amides is 1. The van der Waals surface area contributed by atoms with Crippen LogP contribution in [-0.2, 0) is 4.79 Å². The lowest BCUT2D eigenvalue weighted by atomic mass is 9.90. The Morgan fingerprint density at radius 3 is 2.68 bits per heavy atom. The summed E-state index contributed by atoms with van der Waals surface area (Å²) in [4.78, 5) is 11.0. The van der Waals surface area contributed by atoms with Gasteiger partial charge in [0.15, 0.2) is 0 Å². The number of carbonyl (C=O) groups excluding carboxylic acids is 1. The molecule has 0 unspecified atom stereocenters. The zero-order chi connectivity index (χ0) is 14.2. The van der Waals surface area contributed by atoms with Crippen molar-refractivity contribution in [2.75, 3.05) is 0 Å². The molecule has 1 atom stereocenters. The SMILES string of the molecule is Cc1ccc2c(c1)[C@@H](NC(=O)C(F)(F)F)CC=C2F. The van der Waals surface area contributed by atoms with Crippen LogP contribution in [0.5, 0.6) is 0 Å². The van der Waals surface area contributed by atoms with E-state index in [0.29, 0.717) is 5.56 Å². The Kier molecular flexibility index (Phi) is 3.34. The van der Waals surface area contributed by atoms with E-state index in [0.717, 1.165) is 5.56 Å². The number of nitrogens with one attached hydrogen (secondary N) is 1. The summed E-state index contributed by atoms with van der Waals surface area (Å²) in [5, 5.41) is 1.89. The van der Waals surface area contributed by atoms with Gasteiger partial charge in [0.2, 0.25) is 0 Å². The van der Waals surface area contributed by atoms with E-state index in [1.165, 1.54) is 12.1 Å². The van der Waals surface area contributed by atoms with Crippen LogP contribution in [0.15, 0.2) is 24.3 Å². The highest BCUT2D eigenvalue weighted by atomic mass is 19.4. The fraction of sp³-hybridized carbons (Fsp3) is 0.308. The van der Waals surface area contributed by atoms with Crippen LogP contribution in [0, 0.1) is 6.92 Å². The highest BCUT2D eigenvalue weighted by molar-refractivity contribution is 5.82. The molecule has 6 heteroatoms. The summed E-state index contributed by atoms with van der Waals surface area (Å²) in [6.45, 7) is 1.75. The van der Waals surface area contributed by atoms with Gasteiger partial charge in [0.05, 0.1) is 6.04 Å². The highest BCUT2D eigenvalue weighted by Crippen LogP contribution is 2.34. The third-order valence-electron chi connectivity index (χ3n) is 2.94. The van der Waals surface area contributed by atoms with Gasteiger partial charge in [0, 0.05) is 5.56 Å². The average Bonchev–Trinajstić information content (AvgIpc) is 2.31. The maximum atomic E-state index is 13.6. The molecule has 0 spiro atoms. The van der Waals surface area contributed by atoms with Gasteiger partial charge < -0.3 is 5.32 Å². The van der Waals surface area contributed by atoms with E-state index in [2.05, 4.69) is 0 Å². The molecule has 1 aromatic carbocycles. The molecule has 0 aliphatic heterocycles. The Bertz CT molecular complexity index is 548. The summed E-state index contributed by atoms with van der Waals surface area (Å²) in [6, 6.07) is 3.90. The smallest absolute Gasteiger partial charge is 0.341 e. The zero-order valence-corrected chi connectivity index (χ0v) is 10.0. The van der Waals surface area contributed by atoms with Gasteiger partial charge in [-0.1, -0.05) is 23.8 Å². The van der Waals surface area contributed by atoms with Crippen LogP contribution in [0.2, 0.25) is 0 Å². The minimum Gasteiger partial charge on any atom is -0.341 e. The van der Waals surface area contributed by atoms with Crippen molar-refractivity contribution in [1.82, 2.24) is 5.32 Å². The monoisotopic (exact) mass is 273 g/mol. The van der Waals surface area contributed by atoms with Crippen molar-refractivity contribution >= 4 is 11.7 Å².